The minimum absolute atomic E-state index is 0.520. The van der Waals surface area contributed by atoms with Crippen molar-refractivity contribution in [1.82, 2.24) is 8.75 Å². The smallest absolute Gasteiger partial charge is 0.176 e. The molecule has 2 heterocycles. The van der Waals surface area contributed by atoms with Gasteiger partial charge >= 0.3 is 0 Å². The highest BCUT2D eigenvalue weighted by molar-refractivity contribution is 8.00. The number of thioether (sulfide) groups is 1. The molecule has 1 aromatic rings. The average molecular weight is 209 g/mol. The standard InChI is InChI=1S/C5H5ClN2OS2/c6-4-5(8-11-7-4)10-3-1-9-2-3/h3H,1-2H2. The summed E-state index contributed by atoms with van der Waals surface area (Å²) in [5, 5.41) is 1.88. The Morgan fingerprint density at radius 1 is 1.55 bits per heavy atom. The summed E-state index contributed by atoms with van der Waals surface area (Å²) in [5.74, 6) is 0. The van der Waals surface area contributed by atoms with Crippen LogP contribution in [0.4, 0.5) is 0 Å². The van der Waals surface area contributed by atoms with Crippen molar-refractivity contribution in [3.63, 3.8) is 0 Å². The van der Waals surface area contributed by atoms with E-state index in [0.717, 1.165) is 30.0 Å². The van der Waals surface area contributed by atoms with Gasteiger partial charge in [0.25, 0.3) is 0 Å². The van der Waals surface area contributed by atoms with E-state index in [1.54, 1.807) is 11.8 Å². The monoisotopic (exact) mass is 208 g/mol. The fraction of sp³-hybridized carbons (Fsp3) is 0.600. The van der Waals surface area contributed by atoms with E-state index >= 15 is 0 Å². The van der Waals surface area contributed by atoms with Crippen LogP contribution < -0.4 is 0 Å². The molecule has 2 rings (SSSR count). The molecule has 0 amide bonds. The van der Waals surface area contributed by atoms with E-state index in [-0.39, 0.29) is 0 Å². The van der Waals surface area contributed by atoms with Gasteiger partial charge in [0.1, 0.15) is 5.03 Å². The third-order valence-electron chi connectivity index (χ3n) is 1.31. The molecule has 1 aliphatic heterocycles. The summed E-state index contributed by atoms with van der Waals surface area (Å²) in [5.41, 5.74) is 0. The highest BCUT2D eigenvalue weighted by atomic mass is 35.5. The Morgan fingerprint density at radius 3 is 2.82 bits per heavy atom. The van der Waals surface area contributed by atoms with Crippen molar-refractivity contribution >= 4 is 35.1 Å². The lowest BCUT2D eigenvalue weighted by Gasteiger charge is -2.23. The highest BCUT2D eigenvalue weighted by Crippen LogP contribution is 2.31. The van der Waals surface area contributed by atoms with E-state index in [4.69, 9.17) is 16.3 Å². The van der Waals surface area contributed by atoms with Gasteiger partial charge in [-0.05, 0) is 0 Å². The molecule has 0 saturated carbocycles. The largest absolute Gasteiger partial charge is 0.379 e. The minimum atomic E-state index is 0.520. The van der Waals surface area contributed by atoms with Gasteiger partial charge in [0.15, 0.2) is 5.15 Å². The van der Waals surface area contributed by atoms with E-state index in [2.05, 4.69) is 8.75 Å². The predicted molar refractivity (Wildman–Crippen MR) is 45.4 cm³/mol. The first-order chi connectivity index (χ1) is 5.36. The summed E-state index contributed by atoms with van der Waals surface area (Å²) < 4.78 is 12.9. The average Bonchev–Trinajstić information content (AvgIpc) is 2.27. The number of hydrogen-bond donors (Lipinski definition) is 0. The lowest BCUT2D eigenvalue weighted by atomic mass is 10.4. The zero-order valence-electron chi connectivity index (χ0n) is 5.49. The van der Waals surface area contributed by atoms with Crippen LogP contribution in [-0.4, -0.2) is 27.2 Å². The maximum absolute atomic E-state index is 5.74. The summed E-state index contributed by atoms with van der Waals surface area (Å²) in [4.78, 5) is 0. The molecule has 1 saturated heterocycles. The van der Waals surface area contributed by atoms with E-state index in [0.29, 0.717) is 10.4 Å². The Bertz CT molecular complexity index is 250. The molecule has 11 heavy (non-hydrogen) atoms. The second kappa shape index (κ2) is 3.26. The van der Waals surface area contributed by atoms with Crippen molar-refractivity contribution in [2.24, 2.45) is 0 Å². The zero-order valence-corrected chi connectivity index (χ0v) is 7.88. The van der Waals surface area contributed by atoms with Gasteiger partial charge in [0.2, 0.25) is 0 Å². The van der Waals surface area contributed by atoms with Crippen molar-refractivity contribution in [2.45, 2.75) is 10.3 Å². The van der Waals surface area contributed by atoms with Gasteiger partial charge in [-0.25, -0.2) is 0 Å². The second-order valence-electron chi connectivity index (χ2n) is 2.14. The number of aromatic nitrogens is 2. The van der Waals surface area contributed by atoms with Crippen LogP contribution in [0.2, 0.25) is 5.15 Å². The Labute approximate surface area is 77.4 Å². The minimum Gasteiger partial charge on any atom is -0.379 e. The molecule has 1 aromatic heterocycles. The summed E-state index contributed by atoms with van der Waals surface area (Å²) in [6.07, 6.45) is 0. The third-order valence-corrected chi connectivity index (χ3v) is 3.54. The van der Waals surface area contributed by atoms with Crippen molar-refractivity contribution < 1.29 is 4.74 Å². The van der Waals surface area contributed by atoms with Crippen LogP contribution in [0.1, 0.15) is 0 Å². The molecule has 1 aliphatic rings. The van der Waals surface area contributed by atoms with Crippen molar-refractivity contribution in [3.8, 4) is 0 Å². The van der Waals surface area contributed by atoms with Gasteiger partial charge < -0.3 is 4.74 Å². The van der Waals surface area contributed by atoms with Crippen molar-refractivity contribution in [2.75, 3.05) is 13.2 Å². The van der Waals surface area contributed by atoms with Crippen LogP contribution in [0.5, 0.6) is 0 Å². The molecule has 0 atom stereocenters. The Balaban J connectivity index is 1.99. The molecule has 1 fully saturated rings. The molecule has 0 spiro atoms. The van der Waals surface area contributed by atoms with Crippen LogP contribution in [0.15, 0.2) is 5.03 Å². The predicted octanol–water partition coefficient (Wildman–Crippen LogP) is 1.68. The molecule has 0 radical (unpaired) electrons. The van der Waals surface area contributed by atoms with Crippen LogP contribution in [-0.2, 0) is 4.74 Å². The van der Waals surface area contributed by atoms with Crippen LogP contribution >= 0.6 is 35.1 Å². The van der Waals surface area contributed by atoms with E-state index in [1.807, 2.05) is 0 Å². The molecule has 0 aliphatic carbocycles. The number of nitrogens with zero attached hydrogens (tertiary/aromatic N) is 2. The number of rotatable bonds is 2. The topological polar surface area (TPSA) is 35.0 Å². The van der Waals surface area contributed by atoms with Gasteiger partial charge in [-0.15, -0.1) is 0 Å². The van der Waals surface area contributed by atoms with Crippen LogP contribution in [0.25, 0.3) is 0 Å². The SMILES string of the molecule is Clc1nsnc1SC1COC1. The number of hydrogen-bond acceptors (Lipinski definition) is 5. The fourth-order valence-corrected chi connectivity index (χ4v) is 2.48. The summed E-state index contributed by atoms with van der Waals surface area (Å²) in [7, 11) is 0. The third kappa shape index (κ3) is 1.66. The molecule has 0 bridgehead atoms. The van der Waals surface area contributed by atoms with Gasteiger partial charge in [0, 0.05) is 0 Å². The van der Waals surface area contributed by atoms with Crippen molar-refractivity contribution in [3.05, 3.63) is 5.15 Å². The number of ether oxygens (including phenoxy) is 1. The maximum atomic E-state index is 5.74. The van der Waals surface area contributed by atoms with Gasteiger partial charge in [0.05, 0.1) is 30.2 Å². The van der Waals surface area contributed by atoms with E-state index in [9.17, 15) is 0 Å². The number of halogens is 1. The lowest BCUT2D eigenvalue weighted by Crippen LogP contribution is -2.30. The van der Waals surface area contributed by atoms with Gasteiger partial charge in [-0.3, -0.25) is 0 Å². The van der Waals surface area contributed by atoms with Crippen LogP contribution in [0.3, 0.4) is 0 Å². The molecule has 0 aromatic carbocycles. The summed E-state index contributed by atoms with van der Waals surface area (Å²) >= 11 is 8.53. The summed E-state index contributed by atoms with van der Waals surface area (Å²) in [6, 6.07) is 0. The molecule has 0 unspecified atom stereocenters. The normalized spacial score (nSPS) is 18.3. The molecular formula is C5H5ClN2OS2. The molecule has 0 N–H and O–H groups in total. The molecule has 3 nitrogen and oxygen atoms in total. The Morgan fingerprint density at radius 2 is 2.36 bits per heavy atom. The van der Waals surface area contributed by atoms with Crippen molar-refractivity contribution in [1.29, 1.82) is 0 Å². The molecule has 6 heteroatoms. The molecule has 60 valence electrons. The molecular weight excluding hydrogens is 204 g/mol. The Kier molecular flexibility index (Phi) is 2.31. The van der Waals surface area contributed by atoms with E-state index in [1.165, 1.54) is 0 Å². The lowest BCUT2D eigenvalue weighted by molar-refractivity contribution is 0.0455. The Hall–Kier alpha value is 0.160. The first-order valence-electron chi connectivity index (χ1n) is 3.09. The fourth-order valence-electron chi connectivity index (χ4n) is 0.680. The van der Waals surface area contributed by atoms with Gasteiger partial charge in [-0.1, -0.05) is 23.4 Å². The van der Waals surface area contributed by atoms with E-state index < -0.39 is 0 Å². The quantitative estimate of drug-likeness (QED) is 0.741. The summed E-state index contributed by atoms with van der Waals surface area (Å²) in [6.45, 7) is 1.61. The zero-order chi connectivity index (χ0) is 7.68. The maximum Gasteiger partial charge on any atom is 0.176 e. The van der Waals surface area contributed by atoms with Gasteiger partial charge in [-0.2, -0.15) is 8.75 Å². The van der Waals surface area contributed by atoms with Crippen LogP contribution in [0, 0.1) is 0 Å². The first-order valence-corrected chi connectivity index (χ1v) is 5.07. The highest BCUT2D eigenvalue weighted by Gasteiger charge is 2.22. The second-order valence-corrected chi connectivity index (χ2v) is 4.31. The first kappa shape index (κ1) is 7.79.